The van der Waals surface area contributed by atoms with Crippen LogP contribution >= 0.6 is 0 Å². The van der Waals surface area contributed by atoms with Crippen LogP contribution in [-0.4, -0.2) is 53.5 Å². The molecule has 1 heterocycles. The number of methoxy groups -OCH3 is 1. The second-order valence-corrected chi connectivity index (χ2v) is 12.7. The van der Waals surface area contributed by atoms with Gasteiger partial charge in [-0.05, 0) is 46.0 Å². The van der Waals surface area contributed by atoms with Gasteiger partial charge in [0.15, 0.2) is 17.5 Å². The molecule has 9 atom stereocenters. The summed E-state index contributed by atoms with van der Waals surface area (Å²) in [7, 11) is 1.28. The molecule has 2 saturated carbocycles. The summed E-state index contributed by atoms with van der Waals surface area (Å²) in [6.07, 6.45) is 1.45. The third-order valence-corrected chi connectivity index (χ3v) is 11.2. The number of hydrogen-bond donors (Lipinski definition) is 2. The normalized spacial score (nSPS) is 48.5. The number of aliphatic hydroxyl groups excluding tert-OH is 2. The van der Waals surface area contributed by atoms with Gasteiger partial charge in [0, 0.05) is 34.7 Å². The number of rotatable bonds is 2. The fourth-order valence-corrected chi connectivity index (χ4v) is 9.80. The lowest BCUT2D eigenvalue weighted by atomic mass is 9.33. The zero-order valence-electron chi connectivity index (χ0n) is 22.4. The monoisotopic (exact) mass is 502 g/mol. The zero-order valence-corrected chi connectivity index (χ0v) is 22.4. The van der Waals surface area contributed by atoms with Crippen molar-refractivity contribution in [3.63, 3.8) is 0 Å². The summed E-state index contributed by atoms with van der Waals surface area (Å²) in [6.45, 7) is 12.6. The molecule has 0 aromatic heterocycles. The first-order valence-electron chi connectivity index (χ1n) is 12.8. The minimum absolute atomic E-state index is 0.0985. The molecule has 3 fully saturated rings. The van der Waals surface area contributed by atoms with Crippen molar-refractivity contribution in [3.8, 4) is 0 Å². The van der Waals surface area contributed by atoms with Gasteiger partial charge in [-0.15, -0.1) is 0 Å². The van der Waals surface area contributed by atoms with Crippen molar-refractivity contribution in [2.24, 2.45) is 38.9 Å². The standard InChI is InChI=1S/C28H38O8/c1-13-11-17-25(6,28(23(33)34-8)21(31)14(2)20(30)26(13,28)7)12-16-19-24(4,5)18(35-15(3)29)9-10-27(17,19)22(32)36-16/h11,16-19,22,30,32H,9-10,12H2,1-8H3. The van der Waals surface area contributed by atoms with Crippen LogP contribution in [0.25, 0.3) is 0 Å². The van der Waals surface area contributed by atoms with E-state index in [2.05, 4.69) is 6.08 Å². The highest BCUT2D eigenvalue weighted by atomic mass is 16.6. The maximum absolute atomic E-state index is 14.2. The van der Waals surface area contributed by atoms with Gasteiger partial charge in [0.05, 0.1) is 18.6 Å². The van der Waals surface area contributed by atoms with Crippen molar-refractivity contribution in [1.82, 2.24) is 0 Å². The maximum atomic E-state index is 14.2. The third-order valence-electron chi connectivity index (χ3n) is 11.2. The molecule has 1 saturated heterocycles. The first-order chi connectivity index (χ1) is 16.6. The number of aliphatic hydroxyl groups is 2. The quantitative estimate of drug-likeness (QED) is 0.334. The number of carbonyl (C=O) groups excluding carboxylic acids is 3. The van der Waals surface area contributed by atoms with Crippen molar-refractivity contribution in [3.05, 3.63) is 23.0 Å². The van der Waals surface area contributed by atoms with Crippen molar-refractivity contribution < 1.29 is 38.8 Å². The van der Waals surface area contributed by atoms with Crippen LogP contribution in [0.4, 0.5) is 0 Å². The Hall–Kier alpha value is -2.19. The lowest BCUT2D eigenvalue weighted by Gasteiger charge is -2.67. The van der Waals surface area contributed by atoms with Gasteiger partial charge in [-0.2, -0.15) is 0 Å². The van der Waals surface area contributed by atoms with Crippen LogP contribution in [0, 0.1) is 38.9 Å². The van der Waals surface area contributed by atoms with Crippen LogP contribution < -0.4 is 0 Å². The number of hydrogen-bond acceptors (Lipinski definition) is 8. The number of Topliss-reactive ketones (excluding diaryl/α,β-unsaturated/α-hetero) is 1. The van der Waals surface area contributed by atoms with Crippen molar-refractivity contribution in [2.75, 3.05) is 7.11 Å². The highest BCUT2D eigenvalue weighted by Crippen LogP contribution is 2.79. The first kappa shape index (κ1) is 25.5. The fourth-order valence-electron chi connectivity index (χ4n) is 9.80. The zero-order chi connectivity index (χ0) is 26.8. The van der Waals surface area contributed by atoms with Crippen LogP contribution in [0.15, 0.2) is 23.0 Å². The number of ether oxygens (including phenoxy) is 3. The van der Waals surface area contributed by atoms with Crippen LogP contribution in [0.2, 0.25) is 0 Å². The van der Waals surface area contributed by atoms with Crippen LogP contribution in [-0.2, 0) is 28.6 Å². The molecule has 8 heteroatoms. The molecule has 4 aliphatic carbocycles. The van der Waals surface area contributed by atoms with E-state index < -0.39 is 57.1 Å². The average Bonchev–Trinajstić information content (AvgIpc) is 3.12. The van der Waals surface area contributed by atoms with Crippen LogP contribution in [0.3, 0.4) is 0 Å². The highest BCUT2D eigenvalue weighted by Gasteiger charge is 2.84. The van der Waals surface area contributed by atoms with Gasteiger partial charge in [0.2, 0.25) is 0 Å². The van der Waals surface area contributed by atoms with Gasteiger partial charge >= 0.3 is 11.9 Å². The molecular formula is C28H38O8. The molecule has 198 valence electrons. The van der Waals surface area contributed by atoms with E-state index in [1.165, 1.54) is 14.0 Å². The number of carbonyl (C=O) groups is 3. The number of allylic oxidation sites excluding steroid dienone is 3. The maximum Gasteiger partial charge on any atom is 0.321 e. The van der Waals surface area contributed by atoms with Gasteiger partial charge in [-0.25, -0.2) is 0 Å². The van der Waals surface area contributed by atoms with Crippen LogP contribution in [0.5, 0.6) is 0 Å². The van der Waals surface area contributed by atoms with Gasteiger partial charge in [-0.3, -0.25) is 14.4 Å². The molecule has 0 spiro atoms. The largest absolute Gasteiger partial charge is 0.511 e. The summed E-state index contributed by atoms with van der Waals surface area (Å²) >= 11 is 0. The molecule has 0 radical (unpaired) electrons. The first-order valence-corrected chi connectivity index (χ1v) is 12.8. The van der Waals surface area contributed by atoms with Gasteiger partial charge < -0.3 is 24.4 Å². The molecular weight excluding hydrogens is 464 g/mol. The smallest absolute Gasteiger partial charge is 0.321 e. The minimum atomic E-state index is -1.70. The Balaban J connectivity index is 1.78. The van der Waals surface area contributed by atoms with Crippen molar-refractivity contribution >= 4 is 17.7 Å². The van der Waals surface area contributed by atoms with Crippen molar-refractivity contribution in [1.29, 1.82) is 0 Å². The number of esters is 2. The SMILES string of the molecule is COC(=O)C12C(=O)C(C)=C(O)C1(C)C(C)=CC1C34CCC(OC(C)=O)C(C)(C)C3C(CC12C)OC4O. The predicted molar refractivity (Wildman–Crippen MR) is 128 cm³/mol. The molecule has 8 nitrogen and oxygen atoms in total. The van der Waals surface area contributed by atoms with E-state index in [0.717, 1.165) is 0 Å². The summed E-state index contributed by atoms with van der Waals surface area (Å²) in [4.78, 5) is 39.9. The third kappa shape index (κ3) is 2.37. The van der Waals surface area contributed by atoms with Gasteiger partial charge in [-0.1, -0.05) is 32.4 Å². The second kappa shape index (κ2) is 7.22. The molecule has 0 aromatic rings. The Morgan fingerprint density at radius 1 is 1.17 bits per heavy atom. The predicted octanol–water partition coefficient (Wildman–Crippen LogP) is 3.62. The number of ketones is 1. The molecule has 5 rings (SSSR count). The summed E-state index contributed by atoms with van der Waals surface area (Å²) in [6, 6.07) is 0. The Morgan fingerprint density at radius 3 is 2.39 bits per heavy atom. The molecule has 1 aliphatic heterocycles. The Bertz CT molecular complexity index is 1130. The Kier molecular flexibility index (Phi) is 5.11. The number of fused-ring (bicyclic) bond motifs is 3. The van der Waals surface area contributed by atoms with E-state index in [-0.39, 0.29) is 29.3 Å². The molecule has 9 unspecified atom stereocenters. The molecule has 2 N–H and O–H groups in total. The molecule has 5 aliphatic rings. The molecule has 0 amide bonds. The van der Waals surface area contributed by atoms with E-state index in [1.54, 1.807) is 13.8 Å². The van der Waals surface area contributed by atoms with Crippen LogP contribution in [0.1, 0.15) is 67.7 Å². The fraction of sp³-hybridized carbons (Fsp3) is 0.750. The minimum Gasteiger partial charge on any atom is -0.511 e. The summed E-state index contributed by atoms with van der Waals surface area (Å²) in [5.74, 6) is -2.14. The lowest BCUT2D eigenvalue weighted by Crippen LogP contribution is -2.72. The Labute approximate surface area is 212 Å². The van der Waals surface area contributed by atoms with Crippen molar-refractivity contribution in [2.45, 2.75) is 86.2 Å². The molecule has 0 aromatic carbocycles. The second-order valence-electron chi connectivity index (χ2n) is 12.7. The molecule has 2 bridgehead atoms. The Morgan fingerprint density at radius 2 is 1.81 bits per heavy atom. The summed E-state index contributed by atoms with van der Waals surface area (Å²) < 4.78 is 17.4. The highest BCUT2D eigenvalue weighted by molar-refractivity contribution is 6.17. The van der Waals surface area contributed by atoms with Gasteiger partial charge in [0.1, 0.15) is 11.9 Å². The lowest BCUT2D eigenvalue weighted by molar-refractivity contribution is -0.227. The molecule has 36 heavy (non-hydrogen) atoms. The van der Waals surface area contributed by atoms with E-state index >= 15 is 0 Å². The van der Waals surface area contributed by atoms with E-state index in [0.29, 0.717) is 24.8 Å². The van der Waals surface area contributed by atoms with E-state index in [9.17, 15) is 24.6 Å². The van der Waals surface area contributed by atoms with E-state index in [4.69, 9.17) is 14.2 Å². The van der Waals surface area contributed by atoms with Gasteiger partial charge in [0.25, 0.3) is 0 Å². The summed E-state index contributed by atoms with van der Waals surface area (Å²) in [5, 5.41) is 22.9. The average molecular weight is 503 g/mol. The topological polar surface area (TPSA) is 119 Å². The summed E-state index contributed by atoms with van der Waals surface area (Å²) in [5.41, 5.74) is -4.45. The van der Waals surface area contributed by atoms with E-state index in [1.807, 2.05) is 27.7 Å².